The fourth-order valence-corrected chi connectivity index (χ4v) is 1.31. The topological polar surface area (TPSA) is 43.4 Å². The lowest BCUT2D eigenvalue weighted by molar-refractivity contribution is -0.165. The Bertz CT molecular complexity index is 221. The number of esters is 1. The second-order valence-corrected chi connectivity index (χ2v) is 4.68. The van der Waals surface area contributed by atoms with Crippen LogP contribution in [0, 0.1) is 5.41 Å². The van der Waals surface area contributed by atoms with E-state index in [-0.39, 0.29) is 5.78 Å². The van der Waals surface area contributed by atoms with Gasteiger partial charge in [-0.15, -0.1) is 0 Å². The molecule has 13 heavy (non-hydrogen) atoms. The largest absolute Gasteiger partial charge is 0.452 e. The molecule has 0 aliphatic carbocycles. The first kappa shape index (κ1) is 12.1. The van der Waals surface area contributed by atoms with Crippen LogP contribution >= 0.6 is 0 Å². The van der Waals surface area contributed by atoms with Crippen LogP contribution in [0.5, 0.6) is 0 Å². The molecule has 0 aromatic heterocycles. The number of carbonyl (C=O) groups is 2. The molecule has 0 atom stereocenters. The number of carbonyl (C=O) groups excluding carboxylic acids is 2. The van der Waals surface area contributed by atoms with Gasteiger partial charge in [0.1, 0.15) is 0 Å². The van der Waals surface area contributed by atoms with E-state index < -0.39 is 17.0 Å². The second kappa shape index (κ2) is 3.48. The fourth-order valence-electron chi connectivity index (χ4n) is 1.31. The summed E-state index contributed by atoms with van der Waals surface area (Å²) in [4.78, 5) is 22.5. The average molecular weight is 186 g/mol. The highest BCUT2D eigenvalue weighted by Gasteiger charge is 2.38. The zero-order chi connectivity index (χ0) is 10.9. The number of hydrogen-bond acceptors (Lipinski definition) is 3. The SMILES string of the molecule is CC(=O)OC(C)(C)C(=O)C(C)(C)C. The maximum absolute atomic E-state index is 11.7. The van der Waals surface area contributed by atoms with Gasteiger partial charge in [-0.25, -0.2) is 0 Å². The summed E-state index contributed by atoms with van der Waals surface area (Å²) in [5, 5.41) is 0. The molecule has 0 amide bonds. The number of hydrogen-bond donors (Lipinski definition) is 0. The number of ether oxygens (including phenoxy) is 1. The van der Waals surface area contributed by atoms with E-state index in [0.717, 1.165) is 0 Å². The van der Waals surface area contributed by atoms with Crippen molar-refractivity contribution in [3.05, 3.63) is 0 Å². The quantitative estimate of drug-likeness (QED) is 0.619. The first-order valence-electron chi connectivity index (χ1n) is 4.32. The summed E-state index contributed by atoms with van der Waals surface area (Å²) in [6.07, 6.45) is 0. The molecule has 0 radical (unpaired) electrons. The Morgan fingerprint density at radius 3 is 1.62 bits per heavy atom. The molecule has 0 aliphatic heterocycles. The van der Waals surface area contributed by atoms with Crippen LogP contribution in [0.25, 0.3) is 0 Å². The van der Waals surface area contributed by atoms with Gasteiger partial charge in [-0.1, -0.05) is 20.8 Å². The summed E-state index contributed by atoms with van der Waals surface area (Å²) in [5.74, 6) is -0.502. The Balaban J connectivity index is 4.65. The van der Waals surface area contributed by atoms with Crippen LogP contribution in [0.4, 0.5) is 0 Å². The van der Waals surface area contributed by atoms with Crippen molar-refractivity contribution in [1.29, 1.82) is 0 Å². The number of Topliss-reactive ketones (excluding diaryl/α,β-unsaturated/α-hetero) is 1. The normalized spacial score (nSPS) is 12.5. The zero-order valence-corrected chi connectivity index (χ0v) is 9.22. The molecule has 3 heteroatoms. The van der Waals surface area contributed by atoms with Gasteiger partial charge in [0, 0.05) is 12.3 Å². The van der Waals surface area contributed by atoms with Crippen molar-refractivity contribution in [2.75, 3.05) is 0 Å². The van der Waals surface area contributed by atoms with E-state index in [1.165, 1.54) is 6.92 Å². The van der Waals surface area contributed by atoms with Crippen LogP contribution in [0.15, 0.2) is 0 Å². The third-order valence-corrected chi connectivity index (χ3v) is 1.63. The number of rotatable bonds is 2. The molecule has 0 rings (SSSR count). The van der Waals surface area contributed by atoms with Gasteiger partial charge in [-0.05, 0) is 13.8 Å². The molecule has 0 aromatic carbocycles. The molecule has 0 saturated heterocycles. The molecule has 0 aromatic rings. The molecule has 76 valence electrons. The monoisotopic (exact) mass is 186 g/mol. The van der Waals surface area contributed by atoms with Gasteiger partial charge < -0.3 is 4.74 Å². The van der Waals surface area contributed by atoms with E-state index in [1.807, 2.05) is 0 Å². The van der Waals surface area contributed by atoms with E-state index in [9.17, 15) is 9.59 Å². The van der Waals surface area contributed by atoms with E-state index in [4.69, 9.17) is 4.74 Å². The van der Waals surface area contributed by atoms with Gasteiger partial charge in [0.2, 0.25) is 0 Å². The van der Waals surface area contributed by atoms with Gasteiger partial charge >= 0.3 is 5.97 Å². The van der Waals surface area contributed by atoms with Gasteiger partial charge in [-0.2, -0.15) is 0 Å². The molecular formula is C10H18O3. The highest BCUT2D eigenvalue weighted by atomic mass is 16.6. The number of ketones is 1. The molecule has 0 fully saturated rings. The predicted molar refractivity (Wildman–Crippen MR) is 50.3 cm³/mol. The highest BCUT2D eigenvalue weighted by Crippen LogP contribution is 2.25. The molecule has 0 heterocycles. The van der Waals surface area contributed by atoms with Crippen LogP contribution in [0.1, 0.15) is 41.5 Å². The van der Waals surface area contributed by atoms with E-state index >= 15 is 0 Å². The highest BCUT2D eigenvalue weighted by molar-refractivity contribution is 5.92. The van der Waals surface area contributed by atoms with Gasteiger partial charge in [-0.3, -0.25) is 9.59 Å². The van der Waals surface area contributed by atoms with Gasteiger partial charge in [0.15, 0.2) is 11.4 Å². The maximum atomic E-state index is 11.7. The third kappa shape index (κ3) is 3.57. The van der Waals surface area contributed by atoms with Crippen LogP contribution in [0.3, 0.4) is 0 Å². The molecule has 0 spiro atoms. The third-order valence-electron chi connectivity index (χ3n) is 1.63. The van der Waals surface area contributed by atoms with Crippen molar-refractivity contribution < 1.29 is 14.3 Å². The molecule has 0 bridgehead atoms. The lowest BCUT2D eigenvalue weighted by Crippen LogP contribution is -2.43. The molecule has 0 unspecified atom stereocenters. The summed E-state index contributed by atoms with van der Waals surface area (Å²) in [6.45, 7) is 9.95. The molecular weight excluding hydrogens is 168 g/mol. The minimum absolute atomic E-state index is 0.0739. The smallest absolute Gasteiger partial charge is 0.303 e. The lowest BCUT2D eigenvalue weighted by Gasteiger charge is -2.29. The first-order valence-corrected chi connectivity index (χ1v) is 4.32. The van der Waals surface area contributed by atoms with Crippen LogP contribution in [-0.2, 0) is 14.3 Å². The van der Waals surface area contributed by atoms with Crippen LogP contribution < -0.4 is 0 Å². The van der Waals surface area contributed by atoms with E-state index in [2.05, 4.69) is 0 Å². The molecule has 0 saturated carbocycles. The van der Waals surface area contributed by atoms with Gasteiger partial charge in [0.25, 0.3) is 0 Å². The first-order chi connectivity index (χ1) is 5.57. The molecule has 0 aliphatic rings. The summed E-state index contributed by atoms with van der Waals surface area (Å²) in [6, 6.07) is 0. The summed E-state index contributed by atoms with van der Waals surface area (Å²) >= 11 is 0. The summed E-state index contributed by atoms with van der Waals surface area (Å²) < 4.78 is 4.94. The van der Waals surface area contributed by atoms with Crippen molar-refractivity contribution in [1.82, 2.24) is 0 Å². The molecule has 0 N–H and O–H groups in total. The van der Waals surface area contributed by atoms with Crippen molar-refractivity contribution in [3.63, 3.8) is 0 Å². The predicted octanol–water partition coefficient (Wildman–Crippen LogP) is 1.94. The minimum atomic E-state index is -1.02. The Hall–Kier alpha value is -0.860. The van der Waals surface area contributed by atoms with E-state index in [0.29, 0.717) is 0 Å². The summed E-state index contributed by atoms with van der Waals surface area (Å²) in [7, 11) is 0. The van der Waals surface area contributed by atoms with Crippen molar-refractivity contribution in [2.24, 2.45) is 5.41 Å². The van der Waals surface area contributed by atoms with Crippen molar-refractivity contribution >= 4 is 11.8 Å². The minimum Gasteiger partial charge on any atom is -0.452 e. The Labute approximate surface area is 79.5 Å². The zero-order valence-electron chi connectivity index (χ0n) is 9.22. The molecule has 3 nitrogen and oxygen atoms in total. The van der Waals surface area contributed by atoms with Crippen molar-refractivity contribution in [2.45, 2.75) is 47.1 Å². The average Bonchev–Trinajstić information content (AvgIpc) is 1.80. The van der Waals surface area contributed by atoms with Gasteiger partial charge in [0.05, 0.1) is 0 Å². The Morgan fingerprint density at radius 1 is 1.00 bits per heavy atom. The van der Waals surface area contributed by atoms with Crippen molar-refractivity contribution in [3.8, 4) is 0 Å². The summed E-state index contributed by atoms with van der Waals surface area (Å²) in [5.41, 5.74) is -1.51. The Morgan fingerprint density at radius 2 is 1.38 bits per heavy atom. The van der Waals surface area contributed by atoms with Crippen LogP contribution in [-0.4, -0.2) is 17.4 Å². The maximum Gasteiger partial charge on any atom is 0.303 e. The second-order valence-electron chi connectivity index (χ2n) is 4.68. The van der Waals surface area contributed by atoms with Crippen LogP contribution in [0.2, 0.25) is 0 Å². The lowest BCUT2D eigenvalue weighted by atomic mass is 9.82. The standard InChI is InChI=1S/C10H18O3/c1-7(11)13-10(5,6)8(12)9(2,3)4/h1-6H3. The fraction of sp³-hybridized carbons (Fsp3) is 0.800. The Kier molecular flexibility index (Phi) is 3.25. The van der Waals surface area contributed by atoms with E-state index in [1.54, 1.807) is 34.6 Å².